The number of rotatable bonds is 8. The Hall–Kier alpha value is -4.65. The molecule has 0 saturated carbocycles. The second kappa shape index (κ2) is 9.65. The Balaban J connectivity index is 1.74. The normalized spacial score (nSPS) is 10.4. The summed E-state index contributed by atoms with van der Waals surface area (Å²) in [5.41, 5.74) is 1.84. The maximum Gasteiger partial charge on any atom is 0.307 e. The number of nitro groups is 1. The van der Waals surface area contributed by atoms with Gasteiger partial charge in [-0.1, -0.05) is 48.5 Å². The molecule has 164 valence electrons. The van der Waals surface area contributed by atoms with Crippen molar-refractivity contribution in [3.63, 3.8) is 0 Å². The van der Waals surface area contributed by atoms with E-state index < -0.39 is 10.9 Å². The van der Waals surface area contributed by atoms with Gasteiger partial charge in [0.1, 0.15) is 23.0 Å². The van der Waals surface area contributed by atoms with E-state index in [1.807, 2.05) is 36.4 Å². The van der Waals surface area contributed by atoms with E-state index in [1.54, 1.807) is 48.5 Å². The summed E-state index contributed by atoms with van der Waals surface area (Å²) in [7, 11) is 0. The molecule has 0 aromatic heterocycles. The highest BCUT2D eigenvalue weighted by molar-refractivity contribution is 5.81. The van der Waals surface area contributed by atoms with Crippen LogP contribution in [0, 0.1) is 10.1 Å². The number of benzene rings is 4. The third kappa shape index (κ3) is 5.34. The molecule has 0 spiro atoms. The van der Waals surface area contributed by atoms with Gasteiger partial charge in [-0.15, -0.1) is 0 Å². The van der Waals surface area contributed by atoms with Gasteiger partial charge < -0.3 is 14.6 Å². The Kier molecular flexibility index (Phi) is 6.31. The fourth-order valence-corrected chi connectivity index (χ4v) is 3.43. The van der Waals surface area contributed by atoms with Gasteiger partial charge in [0.25, 0.3) is 5.69 Å². The standard InChI is InChI=1S/C26H19NO6/c28-25(29)16-19-8-5-14-24(33-21-10-2-1-3-11-21)26(19)18-7-4-12-22(15-18)32-23-13-6-9-20(17-23)27(30)31/h1-15,17H,16H2,(H,28,29). The van der Waals surface area contributed by atoms with Crippen LogP contribution in [-0.4, -0.2) is 16.0 Å². The van der Waals surface area contributed by atoms with Gasteiger partial charge in [0.15, 0.2) is 0 Å². The zero-order valence-electron chi connectivity index (χ0n) is 17.4. The molecule has 0 saturated heterocycles. The number of hydrogen-bond donors (Lipinski definition) is 1. The second-order valence-electron chi connectivity index (χ2n) is 7.16. The van der Waals surface area contributed by atoms with Crippen LogP contribution in [0.5, 0.6) is 23.0 Å². The van der Waals surface area contributed by atoms with Gasteiger partial charge in [0.2, 0.25) is 0 Å². The van der Waals surface area contributed by atoms with Gasteiger partial charge in [-0.3, -0.25) is 14.9 Å². The minimum absolute atomic E-state index is 0.0750. The summed E-state index contributed by atoms with van der Waals surface area (Å²) in [6.07, 6.45) is -0.183. The minimum Gasteiger partial charge on any atom is -0.481 e. The number of carboxylic acids is 1. The topological polar surface area (TPSA) is 98.9 Å². The lowest BCUT2D eigenvalue weighted by Gasteiger charge is -2.16. The number of ether oxygens (including phenoxy) is 2. The van der Waals surface area contributed by atoms with Crippen LogP contribution in [0.4, 0.5) is 5.69 Å². The largest absolute Gasteiger partial charge is 0.481 e. The van der Waals surface area contributed by atoms with Crippen LogP contribution in [0.3, 0.4) is 0 Å². The van der Waals surface area contributed by atoms with E-state index >= 15 is 0 Å². The first-order valence-electron chi connectivity index (χ1n) is 10.1. The molecule has 0 fully saturated rings. The van der Waals surface area contributed by atoms with E-state index in [-0.39, 0.29) is 12.1 Å². The van der Waals surface area contributed by atoms with Crippen molar-refractivity contribution in [2.45, 2.75) is 6.42 Å². The molecular weight excluding hydrogens is 422 g/mol. The van der Waals surface area contributed by atoms with Crippen LogP contribution in [0.15, 0.2) is 97.1 Å². The van der Waals surface area contributed by atoms with E-state index in [1.165, 1.54) is 12.1 Å². The van der Waals surface area contributed by atoms with Crippen molar-refractivity contribution >= 4 is 11.7 Å². The Labute approximate surface area is 189 Å². The van der Waals surface area contributed by atoms with E-state index in [0.717, 1.165) is 0 Å². The van der Waals surface area contributed by atoms with Gasteiger partial charge in [-0.25, -0.2) is 0 Å². The number of nitro benzene ring substituents is 1. The van der Waals surface area contributed by atoms with Crippen molar-refractivity contribution in [3.8, 4) is 34.1 Å². The number of para-hydroxylation sites is 1. The minimum atomic E-state index is -0.961. The third-order valence-electron chi connectivity index (χ3n) is 4.81. The van der Waals surface area contributed by atoms with Gasteiger partial charge in [0.05, 0.1) is 17.4 Å². The first-order valence-corrected chi connectivity index (χ1v) is 10.1. The van der Waals surface area contributed by atoms with E-state index in [0.29, 0.717) is 39.7 Å². The van der Waals surface area contributed by atoms with Crippen molar-refractivity contribution < 1.29 is 24.3 Å². The predicted molar refractivity (Wildman–Crippen MR) is 123 cm³/mol. The molecule has 0 radical (unpaired) electrons. The molecule has 0 amide bonds. The summed E-state index contributed by atoms with van der Waals surface area (Å²) < 4.78 is 11.9. The number of carboxylic acid groups (broad SMARTS) is 1. The molecule has 0 unspecified atom stereocenters. The lowest BCUT2D eigenvalue weighted by molar-refractivity contribution is -0.384. The van der Waals surface area contributed by atoms with Crippen molar-refractivity contribution in [3.05, 3.63) is 113 Å². The molecular formula is C26H19NO6. The fourth-order valence-electron chi connectivity index (χ4n) is 3.43. The highest BCUT2D eigenvalue weighted by Crippen LogP contribution is 2.38. The summed E-state index contributed by atoms with van der Waals surface area (Å²) in [6, 6.07) is 27.5. The summed E-state index contributed by atoms with van der Waals surface area (Å²) in [6.45, 7) is 0. The first-order chi connectivity index (χ1) is 16.0. The van der Waals surface area contributed by atoms with Crippen LogP contribution in [0.1, 0.15) is 5.56 Å². The van der Waals surface area contributed by atoms with Crippen LogP contribution >= 0.6 is 0 Å². The summed E-state index contributed by atoms with van der Waals surface area (Å²) in [5, 5.41) is 20.5. The number of carbonyl (C=O) groups is 1. The van der Waals surface area contributed by atoms with Gasteiger partial charge in [0, 0.05) is 11.6 Å². The zero-order valence-corrected chi connectivity index (χ0v) is 17.4. The summed E-state index contributed by atoms with van der Waals surface area (Å²) in [4.78, 5) is 22.1. The zero-order chi connectivity index (χ0) is 23.2. The Morgan fingerprint density at radius 1 is 0.788 bits per heavy atom. The number of non-ortho nitro benzene ring substituents is 1. The quantitative estimate of drug-likeness (QED) is 0.248. The van der Waals surface area contributed by atoms with Crippen LogP contribution in [0.25, 0.3) is 11.1 Å². The molecule has 0 aliphatic carbocycles. The van der Waals surface area contributed by atoms with Gasteiger partial charge in [-0.05, 0) is 47.5 Å². The molecule has 4 aromatic rings. The van der Waals surface area contributed by atoms with Crippen LogP contribution in [0.2, 0.25) is 0 Å². The number of aliphatic carboxylic acids is 1. The van der Waals surface area contributed by atoms with Crippen molar-refractivity contribution in [1.82, 2.24) is 0 Å². The molecule has 7 heteroatoms. The Bertz CT molecular complexity index is 1300. The van der Waals surface area contributed by atoms with Crippen molar-refractivity contribution in [1.29, 1.82) is 0 Å². The molecule has 0 aliphatic heterocycles. The molecule has 33 heavy (non-hydrogen) atoms. The number of nitrogens with zero attached hydrogens (tertiary/aromatic N) is 1. The molecule has 0 bridgehead atoms. The summed E-state index contributed by atoms with van der Waals surface area (Å²) in [5.74, 6) is 0.935. The molecule has 0 aliphatic rings. The Morgan fingerprint density at radius 3 is 2.18 bits per heavy atom. The first kappa shape index (κ1) is 21.6. The second-order valence-corrected chi connectivity index (χ2v) is 7.16. The monoisotopic (exact) mass is 441 g/mol. The SMILES string of the molecule is O=C(O)Cc1cccc(Oc2ccccc2)c1-c1cccc(Oc2cccc([N+](=O)[O-])c2)c1. The lowest BCUT2D eigenvalue weighted by atomic mass is 9.96. The highest BCUT2D eigenvalue weighted by atomic mass is 16.6. The molecule has 0 atom stereocenters. The number of hydrogen-bond acceptors (Lipinski definition) is 5. The predicted octanol–water partition coefficient (Wildman–Crippen LogP) is 6.47. The maximum absolute atomic E-state index is 11.5. The smallest absolute Gasteiger partial charge is 0.307 e. The van der Waals surface area contributed by atoms with E-state index in [2.05, 4.69) is 0 Å². The van der Waals surface area contributed by atoms with Gasteiger partial charge in [-0.2, -0.15) is 0 Å². The van der Waals surface area contributed by atoms with E-state index in [9.17, 15) is 20.0 Å². The van der Waals surface area contributed by atoms with Crippen LogP contribution in [-0.2, 0) is 11.2 Å². The molecule has 4 aromatic carbocycles. The average molecular weight is 441 g/mol. The average Bonchev–Trinajstić information content (AvgIpc) is 2.80. The molecule has 7 nitrogen and oxygen atoms in total. The maximum atomic E-state index is 11.5. The molecule has 1 N–H and O–H groups in total. The van der Waals surface area contributed by atoms with Gasteiger partial charge >= 0.3 is 5.97 Å². The lowest BCUT2D eigenvalue weighted by Crippen LogP contribution is -2.03. The highest BCUT2D eigenvalue weighted by Gasteiger charge is 2.16. The van der Waals surface area contributed by atoms with Crippen molar-refractivity contribution in [2.75, 3.05) is 0 Å². The Morgan fingerprint density at radius 2 is 1.45 bits per heavy atom. The fraction of sp³-hybridized carbons (Fsp3) is 0.0385. The third-order valence-corrected chi connectivity index (χ3v) is 4.81. The van der Waals surface area contributed by atoms with E-state index in [4.69, 9.17) is 9.47 Å². The molecule has 4 rings (SSSR count). The summed E-state index contributed by atoms with van der Waals surface area (Å²) >= 11 is 0. The van der Waals surface area contributed by atoms with Crippen molar-refractivity contribution in [2.24, 2.45) is 0 Å². The van der Waals surface area contributed by atoms with Crippen LogP contribution < -0.4 is 9.47 Å². The molecule has 0 heterocycles.